The summed E-state index contributed by atoms with van der Waals surface area (Å²) in [6.07, 6.45) is 4.30. The third-order valence-electron chi connectivity index (χ3n) is 5.40. The number of ether oxygens (including phenoxy) is 1. The van der Waals surface area contributed by atoms with Gasteiger partial charge >= 0.3 is 0 Å². The molecular formula is C24H23N7O2S. The minimum absolute atomic E-state index is 0.159. The van der Waals surface area contributed by atoms with Crippen LogP contribution in [0, 0.1) is 6.92 Å². The van der Waals surface area contributed by atoms with Gasteiger partial charge in [-0.25, -0.2) is 15.0 Å². The zero-order chi connectivity index (χ0) is 23.5. The Morgan fingerprint density at radius 2 is 1.94 bits per heavy atom. The molecule has 1 N–H and O–H groups in total. The molecule has 5 rings (SSSR count). The van der Waals surface area contributed by atoms with Crippen molar-refractivity contribution in [3.05, 3.63) is 72.6 Å². The van der Waals surface area contributed by atoms with E-state index in [1.807, 2.05) is 55.8 Å². The second kappa shape index (κ2) is 9.52. The number of nitrogens with zero attached hydrogens (tertiary/aromatic N) is 6. The molecule has 9 nitrogen and oxygen atoms in total. The second-order valence-corrected chi connectivity index (χ2v) is 8.63. The molecule has 1 amide bonds. The number of hydrogen-bond acceptors (Lipinski definition) is 7. The molecule has 0 aliphatic carbocycles. The molecule has 0 saturated carbocycles. The maximum absolute atomic E-state index is 12.7. The van der Waals surface area contributed by atoms with Gasteiger partial charge in [0.1, 0.15) is 5.75 Å². The summed E-state index contributed by atoms with van der Waals surface area (Å²) in [7, 11) is 1.58. The molecule has 0 aliphatic rings. The smallest absolute Gasteiger partial charge is 0.234 e. The first-order valence-corrected chi connectivity index (χ1v) is 11.8. The van der Waals surface area contributed by atoms with Crippen molar-refractivity contribution in [2.75, 3.05) is 18.2 Å². The number of imidazole rings is 1. The van der Waals surface area contributed by atoms with Gasteiger partial charge in [0.05, 0.1) is 30.4 Å². The molecule has 5 aromatic rings. The summed E-state index contributed by atoms with van der Waals surface area (Å²) in [6.45, 7) is 2.75. The average Bonchev–Trinajstić information content (AvgIpc) is 3.47. The van der Waals surface area contributed by atoms with Crippen molar-refractivity contribution in [1.82, 2.24) is 29.1 Å². The van der Waals surface area contributed by atoms with E-state index in [4.69, 9.17) is 19.8 Å². The third kappa shape index (κ3) is 4.44. The van der Waals surface area contributed by atoms with Crippen LogP contribution in [0.3, 0.4) is 0 Å². The molecule has 0 radical (unpaired) electrons. The Kier molecular flexibility index (Phi) is 6.13. The molecule has 3 aromatic heterocycles. The maximum Gasteiger partial charge on any atom is 0.234 e. The van der Waals surface area contributed by atoms with Crippen molar-refractivity contribution in [3.63, 3.8) is 0 Å². The Morgan fingerprint density at radius 1 is 1.12 bits per heavy atom. The molecule has 172 valence electrons. The van der Waals surface area contributed by atoms with Crippen LogP contribution in [-0.4, -0.2) is 47.9 Å². The maximum atomic E-state index is 12.7. The summed E-state index contributed by atoms with van der Waals surface area (Å²) < 4.78 is 9.12. The van der Waals surface area contributed by atoms with Crippen LogP contribution in [-0.2, 0) is 17.8 Å². The summed E-state index contributed by atoms with van der Waals surface area (Å²) >= 11 is 1.32. The minimum atomic E-state index is -0.159. The number of carbonyl (C=O) groups is 1. The molecule has 10 heteroatoms. The molecule has 2 aromatic carbocycles. The molecule has 0 atom stereocenters. The van der Waals surface area contributed by atoms with Crippen LogP contribution in [0.2, 0.25) is 0 Å². The quantitative estimate of drug-likeness (QED) is 0.271. The number of benzene rings is 2. The molecule has 0 bridgehead atoms. The predicted octanol–water partition coefficient (Wildman–Crippen LogP) is 3.76. The normalized spacial score (nSPS) is 11.2. The van der Waals surface area contributed by atoms with Crippen molar-refractivity contribution < 1.29 is 9.53 Å². The largest absolute Gasteiger partial charge is 0.495 e. The highest BCUT2D eigenvalue weighted by atomic mass is 32.2. The Morgan fingerprint density at radius 3 is 2.76 bits per heavy atom. The lowest BCUT2D eigenvalue weighted by Gasteiger charge is -2.10. The van der Waals surface area contributed by atoms with Gasteiger partial charge in [-0.3, -0.25) is 4.79 Å². The van der Waals surface area contributed by atoms with Crippen LogP contribution in [0.15, 0.2) is 66.2 Å². The number of thioether (sulfide) groups is 1. The number of para-hydroxylation sites is 3. The van der Waals surface area contributed by atoms with Crippen LogP contribution in [0.1, 0.15) is 11.5 Å². The zero-order valence-electron chi connectivity index (χ0n) is 18.8. The number of nitrogens with one attached hydrogen (secondary N) is 1. The first-order valence-electron chi connectivity index (χ1n) is 10.8. The van der Waals surface area contributed by atoms with Crippen LogP contribution in [0.5, 0.6) is 5.75 Å². The van der Waals surface area contributed by atoms with Crippen molar-refractivity contribution in [2.24, 2.45) is 0 Å². The number of amides is 1. The van der Waals surface area contributed by atoms with E-state index in [0.29, 0.717) is 28.8 Å². The number of hydrogen-bond donors (Lipinski definition) is 1. The third-order valence-corrected chi connectivity index (χ3v) is 6.33. The Bertz CT molecular complexity index is 1480. The molecule has 0 unspecified atom stereocenters. The topological polar surface area (TPSA) is 99.2 Å². The standard InChI is InChI=1S/C24H23N7O2S/c1-16-13-25-15-30(16)12-11-21-28-23-17-7-3-4-8-18(17)27-24(31(23)29-21)34-14-22(32)26-19-9-5-6-10-20(19)33-2/h3-10,13,15H,11-12,14H2,1-2H3,(H,26,32). The fraction of sp³-hybridized carbons (Fsp3) is 0.208. The van der Waals surface area contributed by atoms with Gasteiger partial charge in [0.25, 0.3) is 0 Å². The number of rotatable bonds is 8. The van der Waals surface area contributed by atoms with Gasteiger partial charge in [-0.1, -0.05) is 36.0 Å². The zero-order valence-corrected chi connectivity index (χ0v) is 19.6. The van der Waals surface area contributed by atoms with Gasteiger partial charge < -0.3 is 14.6 Å². The highest BCUT2D eigenvalue weighted by molar-refractivity contribution is 7.99. The lowest BCUT2D eigenvalue weighted by Crippen LogP contribution is -2.15. The summed E-state index contributed by atoms with van der Waals surface area (Å²) in [4.78, 5) is 26.4. The first kappa shape index (κ1) is 21.9. The summed E-state index contributed by atoms with van der Waals surface area (Å²) in [5.74, 6) is 1.34. The molecular weight excluding hydrogens is 450 g/mol. The molecule has 0 spiro atoms. The number of aryl methyl sites for hydroxylation is 3. The van der Waals surface area contributed by atoms with Crippen LogP contribution >= 0.6 is 11.8 Å². The van der Waals surface area contributed by atoms with E-state index >= 15 is 0 Å². The summed E-state index contributed by atoms with van der Waals surface area (Å²) in [5, 5.41) is 9.15. The van der Waals surface area contributed by atoms with Crippen molar-refractivity contribution in [1.29, 1.82) is 0 Å². The SMILES string of the molecule is COc1ccccc1NC(=O)CSc1nc2ccccc2c2nc(CCn3cncc3C)nn12. The van der Waals surface area contributed by atoms with Gasteiger partial charge in [-0.15, -0.1) is 5.10 Å². The highest BCUT2D eigenvalue weighted by Gasteiger charge is 2.16. The average molecular weight is 474 g/mol. The summed E-state index contributed by atoms with van der Waals surface area (Å²) in [5.41, 5.74) is 3.26. The molecule has 3 heterocycles. The molecule has 0 aliphatic heterocycles. The highest BCUT2D eigenvalue weighted by Crippen LogP contribution is 2.26. The van der Waals surface area contributed by atoms with E-state index in [0.717, 1.165) is 28.8 Å². The van der Waals surface area contributed by atoms with E-state index in [1.54, 1.807) is 23.8 Å². The van der Waals surface area contributed by atoms with Crippen molar-refractivity contribution in [2.45, 2.75) is 25.0 Å². The number of aromatic nitrogens is 6. The van der Waals surface area contributed by atoms with Crippen LogP contribution in [0.4, 0.5) is 5.69 Å². The van der Waals surface area contributed by atoms with E-state index < -0.39 is 0 Å². The number of anilines is 1. The van der Waals surface area contributed by atoms with Crippen molar-refractivity contribution >= 4 is 39.9 Å². The Labute approximate surface area is 200 Å². The fourth-order valence-electron chi connectivity index (χ4n) is 3.68. The lowest BCUT2D eigenvalue weighted by molar-refractivity contribution is -0.113. The number of methoxy groups -OCH3 is 1. The van der Waals surface area contributed by atoms with E-state index in [-0.39, 0.29) is 11.7 Å². The number of carbonyl (C=O) groups excluding carboxylic acids is 1. The van der Waals surface area contributed by atoms with Gasteiger partial charge in [0, 0.05) is 30.2 Å². The number of fused-ring (bicyclic) bond motifs is 3. The fourth-order valence-corrected chi connectivity index (χ4v) is 4.42. The van der Waals surface area contributed by atoms with E-state index in [1.165, 1.54) is 11.8 Å². The Hall–Kier alpha value is -3.92. The Balaban J connectivity index is 1.39. The van der Waals surface area contributed by atoms with Gasteiger partial charge in [0.15, 0.2) is 16.6 Å². The second-order valence-electron chi connectivity index (χ2n) is 7.69. The van der Waals surface area contributed by atoms with E-state index in [9.17, 15) is 4.79 Å². The monoisotopic (exact) mass is 473 g/mol. The van der Waals surface area contributed by atoms with Gasteiger partial charge in [-0.05, 0) is 31.2 Å². The van der Waals surface area contributed by atoms with Gasteiger partial charge in [0.2, 0.25) is 5.91 Å². The minimum Gasteiger partial charge on any atom is -0.495 e. The van der Waals surface area contributed by atoms with Crippen LogP contribution < -0.4 is 10.1 Å². The summed E-state index contributed by atoms with van der Waals surface area (Å²) in [6, 6.07) is 15.1. The predicted molar refractivity (Wildman–Crippen MR) is 131 cm³/mol. The molecule has 0 fully saturated rings. The van der Waals surface area contributed by atoms with E-state index in [2.05, 4.69) is 14.9 Å². The molecule has 34 heavy (non-hydrogen) atoms. The van der Waals surface area contributed by atoms with Gasteiger partial charge in [-0.2, -0.15) is 4.52 Å². The van der Waals surface area contributed by atoms with Crippen LogP contribution in [0.25, 0.3) is 16.6 Å². The molecule has 0 saturated heterocycles. The lowest BCUT2D eigenvalue weighted by atomic mass is 10.2. The van der Waals surface area contributed by atoms with Crippen molar-refractivity contribution in [3.8, 4) is 5.75 Å². The first-order chi connectivity index (χ1) is 16.6.